The third kappa shape index (κ3) is 3.44. The van der Waals surface area contributed by atoms with E-state index in [4.69, 9.17) is 5.11 Å². The lowest BCUT2D eigenvalue weighted by atomic mass is 10.2. The second-order valence-corrected chi connectivity index (χ2v) is 2.85. The highest BCUT2D eigenvalue weighted by molar-refractivity contribution is 5.44. The fraction of sp³-hybridized carbons (Fsp3) is 0.400. The van der Waals surface area contributed by atoms with Gasteiger partial charge in [-0.1, -0.05) is 12.1 Å². The van der Waals surface area contributed by atoms with Crippen LogP contribution in [-0.4, -0.2) is 25.3 Å². The minimum absolute atomic E-state index is 0.186. The van der Waals surface area contributed by atoms with Crippen LogP contribution in [0.3, 0.4) is 0 Å². The first-order chi connectivity index (χ1) is 6.36. The number of nitrogens with one attached hydrogen (secondary N) is 2. The van der Waals surface area contributed by atoms with Crippen LogP contribution in [-0.2, 0) is 6.54 Å². The summed E-state index contributed by atoms with van der Waals surface area (Å²) >= 11 is 0. The maximum Gasteiger partial charge on any atom is 0.0556 e. The van der Waals surface area contributed by atoms with E-state index in [-0.39, 0.29) is 6.61 Å². The van der Waals surface area contributed by atoms with E-state index in [1.165, 1.54) is 5.56 Å². The Balaban J connectivity index is 2.46. The molecular weight excluding hydrogens is 164 g/mol. The molecule has 0 aromatic heterocycles. The Morgan fingerprint density at radius 2 is 2.23 bits per heavy atom. The summed E-state index contributed by atoms with van der Waals surface area (Å²) < 4.78 is 0. The van der Waals surface area contributed by atoms with Crippen molar-refractivity contribution in [2.24, 2.45) is 0 Å². The molecule has 0 bridgehead atoms. The van der Waals surface area contributed by atoms with Crippen molar-refractivity contribution in [1.29, 1.82) is 0 Å². The average molecular weight is 180 g/mol. The average Bonchev–Trinajstić information content (AvgIpc) is 2.19. The Morgan fingerprint density at radius 1 is 1.38 bits per heavy atom. The first-order valence-electron chi connectivity index (χ1n) is 4.45. The van der Waals surface area contributed by atoms with Crippen LogP contribution in [0.1, 0.15) is 5.56 Å². The lowest BCUT2D eigenvalue weighted by molar-refractivity contribution is 0.292. The molecule has 0 radical (unpaired) electrons. The van der Waals surface area contributed by atoms with Crippen LogP contribution >= 0.6 is 0 Å². The second-order valence-electron chi connectivity index (χ2n) is 2.85. The van der Waals surface area contributed by atoms with Crippen molar-refractivity contribution in [3.05, 3.63) is 29.8 Å². The Hall–Kier alpha value is -1.06. The molecule has 1 aromatic rings. The SMILES string of the molecule is CNc1cccc(CNCCO)c1. The van der Waals surface area contributed by atoms with Gasteiger partial charge in [-0.25, -0.2) is 0 Å². The summed E-state index contributed by atoms with van der Waals surface area (Å²) in [5, 5.41) is 14.8. The number of anilines is 1. The van der Waals surface area contributed by atoms with Gasteiger partial charge >= 0.3 is 0 Å². The highest BCUT2D eigenvalue weighted by Crippen LogP contribution is 2.08. The van der Waals surface area contributed by atoms with Gasteiger partial charge in [-0.3, -0.25) is 0 Å². The smallest absolute Gasteiger partial charge is 0.0556 e. The Kier molecular flexibility index (Phi) is 4.29. The van der Waals surface area contributed by atoms with Crippen molar-refractivity contribution < 1.29 is 5.11 Å². The van der Waals surface area contributed by atoms with E-state index < -0.39 is 0 Å². The van der Waals surface area contributed by atoms with Crippen LogP contribution in [0.2, 0.25) is 0 Å². The van der Waals surface area contributed by atoms with Gasteiger partial charge in [0.15, 0.2) is 0 Å². The zero-order valence-corrected chi connectivity index (χ0v) is 7.88. The highest BCUT2D eigenvalue weighted by Gasteiger charge is 1.93. The van der Waals surface area contributed by atoms with E-state index in [2.05, 4.69) is 22.8 Å². The van der Waals surface area contributed by atoms with Gasteiger partial charge in [-0.05, 0) is 17.7 Å². The molecule has 0 saturated carbocycles. The first-order valence-corrected chi connectivity index (χ1v) is 4.45. The molecule has 0 spiro atoms. The summed E-state index contributed by atoms with van der Waals surface area (Å²) in [5.74, 6) is 0. The molecule has 0 atom stereocenters. The molecule has 1 rings (SSSR count). The van der Waals surface area contributed by atoms with Crippen LogP contribution in [0.25, 0.3) is 0 Å². The molecular formula is C10H16N2O. The number of benzene rings is 1. The summed E-state index contributed by atoms with van der Waals surface area (Å²) in [6.45, 7) is 1.63. The highest BCUT2D eigenvalue weighted by atomic mass is 16.3. The van der Waals surface area contributed by atoms with Gasteiger partial charge in [0, 0.05) is 25.8 Å². The Bertz CT molecular complexity index is 250. The molecule has 1 aromatic carbocycles. The van der Waals surface area contributed by atoms with E-state index in [1.54, 1.807) is 0 Å². The van der Waals surface area contributed by atoms with Gasteiger partial charge in [0.25, 0.3) is 0 Å². The lowest BCUT2D eigenvalue weighted by Crippen LogP contribution is -2.17. The topological polar surface area (TPSA) is 44.3 Å². The zero-order chi connectivity index (χ0) is 9.52. The normalized spacial score (nSPS) is 10.0. The van der Waals surface area contributed by atoms with Crippen LogP contribution in [0.15, 0.2) is 24.3 Å². The number of hydrogen-bond acceptors (Lipinski definition) is 3. The third-order valence-corrected chi connectivity index (χ3v) is 1.83. The van der Waals surface area contributed by atoms with Crippen LogP contribution in [0.5, 0.6) is 0 Å². The van der Waals surface area contributed by atoms with Gasteiger partial charge in [0.1, 0.15) is 0 Å². The molecule has 3 N–H and O–H groups in total. The van der Waals surface area contributed by atoms with Gasteiger partial charge in [-0.2, -0.15) is 0 Å². The van der Waals surface area contributed by atoms with Gasteiger partial charge < -0.3 is 15.7 Å². The first kappa shape index (κ1) is 10.0. The molecule has 72 valence electrons. The van der Waals surface area contributed by atoms with Crippen molar-refractivity contribution >= 4 is 5.69 Å². The van der Waals surface area contributed by atoms with Crippen LogP contribution in [0, 0.1) is 0 Å². The number of hydrogen-bond donors (Lipinski definition) is 3. The van der Waals surface area contributed by atoms with Gasteiger partial charge in [-0.15, -0.1) is 0 Å². The predicted molar refractivity (Wildman–Crippen MR) is 54.8 cm³/mol. The molecule has 0 heterocycles. The van der Waals surface area contributed by atoms with Crippen molar-refractivity contribution in [3.63, 3.8) is 0 Å². The molecule has 0 unspecified atom stereocenters. The standard InChI is InChI=1S/C10H16N2O/c1-11-10-4-2-3-9(7-10)8-12-5-6-13/h2-4,7,11-13H,5-6,8H2,1H3. The number of aliphatic hydroxyl groups is 1. The van der Waals surface area contributed by atoms with Gasteiger partial charge in [0.2, 0.25) is 0 Å². The summed E-state index contributed by atoms with van der Waals surface area (Å²) in [4.78, 5) is 0. The maximum atomic E-state index is 8.57. The summed E-state index contributed by atoms with van der Waals surface area (Å²) in [5.41, 5.74) is 2.34. The Labute approximate surface area is 78.8 Å². The van der Waals surface area contributed by atoms with E-state index in [1.807, 2.05) is 19.2 Å². The van der Waals surface area contributed by atoms with Crippen LogP contribution in [0.4, 0.5) is 5.69 Å². The molecule has 13 heavy (non-hydrogen) atoms. The van der Waals surface area contributed by atoms with Gasteiger partial charge in [0.05, 0.1) is 6.61 Å². The molecule has 0 aliphatic carbocycles. The molecule has 0 aliphatic rings. The van der Waals surface area contributed by atoms with Crippen molar-refractivity contribution in [2.75, 3.05) is 25.5 Å². The zero-order valence-electron chi connectivity index (χ0n) is 7.88. The fourth-order valence-electron chi connectivity index (χ4n) is 1.15. The molecule has 0 aliphatic heterocycles. The quantitative estimate of drug-likeness (QED) is 0.587. The van der Waals surface area contributed by atoms with Crippen LogP contribution < -0.4 is 10.6 Å². The van der Waals surface area contributed by atoms with E-state index in [9.17, 15) is 0 Å². The fourth-order valence-corrected chi connectivity index (χ4v) is 1.15. The van der Waals surface area contributed by atoms with E-state index >= 15 is 0 Å². The molecule has 0 saturated heterocycles. The summed E-state index contributed by atoms with van der Waals surface area (Å²) in [6, 6.07) is 8.19. The third-order valence-electron chi connectivity index (χ3n) is 1.83. The van der Waals surface area contributed by atoms with Crippen molar-refractivity contribution in [1.82, 2.24) is 5.32 Å². The maximum absolute atomic E-state index is 8.57. The molecule has 0 amide bonds. The predicted octanol–water partition coefficient (Wildman–Crippen LogP) is 0.810. The van der Waals surface area contributed by atoms with E-state index in [0.29, 0.717) is 6.54 Å². The monoisotopic (exact) mass is 180 g/mol. The minimum Gasteiger partial charge on any atom is -0.395 e. The van der Waals surface area contributed by atoms with Crippen molar-refractivity contribution in [2.45, 2.75) is 6.54 Å². The van der Waals surface area contributed by atoms with E-state index in [0.717, 1.165) is 12.2 Å². The largest absolute Gasteiger partial charge is 0.395 e. The molecule has 3 nitrogen and oxygen atoms in total. The Morgan fingerprint density at radius 3 is 2.92 bits per heavy atom. The summed E-state index contributed by atoms with van der Waals surface area (Å²) in [7, 11) is 1.90. The number of rotatable bonds is 5. The second kappa shape index (κ2) is 5.56. The van der Waals surface area contributed by atoms with Crippen molar-refractivity contribution in [3.8, 4) is 0 Å². The molecule has 0 fully saturated rings. The summed E-state index contributed by atoms with van der Waals surface area (Å²) in [6.07, 6.45) is 0. The minimum atomic E-state index is 0.186. The molecule has 3 heteroatoms. The lowest BCUT2D eigenvalue weighted by Gasteiger charge is -2.05. The number of aliphatic hydroxyl groups excluding tert-OH is 1.